The lowest BCUT2D eigenvalue weighted by Crippen LogP contribution is -2.33. The van der Waals surface area contributed by atoms with Crippen LogP contribution in [0.2, 0.25) is 0 Å². The molecule has 0 saturated carbocycles. The smallest absolute Gasteiger partial charge is 0.295 e. The maximum atomic E-state index is 12.9. The Bertz CT molecular complexity index is 1040. The molecule has 0 aliphatic carbocycles. The van der Waals surface area contributed by atoms with Crippen LogP contribution in [0.3, 0.4) is 0 Å². The van der Waals surface area contributed by atoms with Crippen LogP contribution in [-0.2, 0) is 14.3 Å². The van der Waals surface area contributed by atoms with Crippen LogP contribution >= 0.6 is 15.9 Å². The molecule has 1 fully saturated rings. The van der Waals surface area contributed by atoms with Crippen molar-refractivity contribution in [2.75, 3.05) is 26.4 Å². The van der Waals surface area contributed by atoms with Crippen LogP contribution < -0.4 is 0 Å². The summed E-state index contributed by atoms with van der Waals surface area (Å²) < 4.78 is 5.96. The van der Waals surface area contributed by atoms with E-state index in [2.05, 4.69) is 15.9 Å². The molecule has 10 heteroatoms. The van der Waals surface area contributed by atoms with Gasteiger partial charge in [-0.3, -0.25) is 19.7 Å². The molecular formula is C21H19BrN2O7. The number of carbonyl (C=O) groups excluding carboxylic acids is 2. The molecule has 0 spiro atoms. The van der Waals surface area contributed by atoms with Gasteiger partial charge in [0.05, 0.1) is 41.9 Å². The van der Waals surface area contributed by atoms with Crippen LogP contribution in [0.15, 0.2) is 58.6 Å². The fourth-order valence-corrected chi connectivity index (χ4v) is 3.68. The molecule has 31 heavy (non-hydrogen) atoms. The predicted octanol–water partition coefficient (Wildman–Crippen LogP) is 2.79. The van der Waals surface area contributed by atoms with Gasteiger partial charge in [0.25, 0.3) is 17.4 Å². The number of nitro benzene ring substituents is 1. The topological polar surface area (TPSA) is 130 Å². The lowest BCUT2D eigenvalue weighted by atomic mass is 9.94. The van der Waals surface area contributed by atoms with Crippen molar-refractivity contribution < 1.29 is 29.5 Å². The van der Waals surface area contributed by atoms with E-state index >= 15 is 0 Å². The lowest BCUT2D eigenvalue weighted by Gasteiger charge is -2.25. The van der Waals surface area contributed by atoms with Gasteiger partial charge in [-0.2, -0.15) is 0 Å². The number of ether oxygens (including phenoxy) is 1. The first-order chi connectivity index (χ1) is 14.9. The molecule has 0 bridgehead atoms. The van der Waals surface area contributed by atoms with E-state index < -0.39 is 28.4 Å². The van der Waals surface area contributed by atoms with Gasteiger partial charge in [0, 0.05) is 22.6 Å². The zero-order valence-electron chi connectivity index (χ0n) is 16.2. The molecule has 1 saturated heterocycles. The molecule has 1 heterocycles. The second kappa shape index (κ2) is 9.82. The maximum absolute atomic E-state index is 12.9. The predicted molar refractivity (Wildman–Crippen MR) is 114 cm³/mol. The summed E-state index contributed by atoms with van der Waals surface area (Å²) >= 11 is 3.29. The first-order valence-corrected chi connectivity index (χ1v) is 10.1. The number of nitrogens with zero attached hydrogens (tertiary/aromatic N) is 2. The number of benzene rings is 2. The van der Waals surface area contributed by atoms with Crippen LogP contribution in [0.25, 0.3) is 5.76 Å². The monoisotopic (exact) mass is 490 g/mol. The Balaban J connectivity index is 2.15. The normalized spacial score (nSPS) is 17.9. The van der Waals surface area contributed by atoms with Gasteiger partial charge in [0.2, 0.25) is 0 Å². The molecule has 1 aliphatic heterocycles. The fourth-order valence-electron chi connectivity index (χ4n) is 3.41. The van der Waals surface area contributed by atoms with E-state index in [0.717, 1.165) is 9.37 Å². The van der Waals surface area contributed by atoms with Crippen molar-refractivity contribution in [3.63, 3.8) is 0 Å². The van der Waals surface area contributed by atoms with E-state index in [1.807, 2.05) is 0 Å². The number of aliphatic hydroxyl groups excluding tert-OH is 2. The molecule has 1 aliphatic rings. The number of ketones is 1. The minimum absolute atomic E-state index is 0.00301. The van der Waals surface area contributed by atoms with Gasteiger partial charge in [0.15, 0.2) is 0 Å². The lowest BCUT2D eigenvalue weighted by molar-refractivity contribution is -0.385. The molecule has 2 aromatic carbocycles. The summed E-state index contributed by atoms with van der Waals surface area (Å²) in [5, 5.41) is 31.4. The molecule has 162 valence electrons. The second-order valence-electron chi connectivity index (χ2n) is 6.65. The molecular weight excluding hydrogens is 472 g/mol. The average molecular weight is 491 g/mol. The number of nitro groups is 1. The van der Waals surface area contributed by atoms with Gasteiger partial charge in [-0.1, -0.05) is 40.2 Å². The van der Waals surface area contributed by atoms with E-state index in [1.165, 1.54) is 18.2 Å². The minimum atomic E-state index is -1.16. The molecule has 2 aromatic rings. The summed E-state index contributed by atoms with van der Waals surface area (Å²) in [6.45, 7) is -0.226. The van der Waals surface area contributed by atoms with Crippen molar-refractivity contribution in [1.82, 2.24) is 4.90 Å². The molecule has 1 amide bonds. The zero-order chi connectivity index (χ0) is 22.5. The number of hydrogen-bond acceptors (Lipinski definition) is 7. The first kappa shape index (κ1) is 22.6. The van der Waals surface area contributed by atoms with Gasteiger partial charge in [-0.15, -0.1) is 0 Å². The number of rotatable bonds is 8. The van der Waals surface area contributed by atoms with Gasteiger partial charge in [-0.25, -0.2) is 0 Å². The number of aliphatic hydroxyl groups is 2. The Hall–Kier alpha value is -3.08. The molecule has 3 rings (SSSR count). The Morgan fingerprint density at radius 2 is 1.81 bits per heavy atom. The number of hydrogen-bond donors (Lipinski definition) is 2. The third-order valence-electron chi connectivity index (χ3n) is 4.80. The first-order valence-electron chi connectivity index (χ1n) is 9.33. The number of carbonyl (C=O) groups is 2. The Morgan fingerprint density at radius 1 is 1.13 bits per heavy atom. The second-order valence-corrected chi connectivity index (χ2v) is 7.57. The number of para-hydroxylation sites is 1. The zero-order valence-corrected chi connectivity index (χ0v) is 17.8. The Kier molecular flexibility index (Phi) is 7.16. The van der Waals surface area contributed by atoms with Crippen molar-refractivity contribution in [2.45, 2.75) is 6.04 Å². The Labute approximate surface area is 185 Å². The van der Waals surface area contributed by atoms with Gasteiger partial charge >= 0.3 is 0 Å². The summed E-state index contributed by atoms with van der Waals surface area (Å²) in [5.41, 5.74) is -0.116. The average Bonchev–Trinajstić information content (AvgIpc) is 3.01. The third kappa shape index (κ3) is 4.66. The molecule has 1 atom stereocenters. The Morgan fingerprint density at radius 3 is 2.45 bits per heavy atom. The standard InChI is InChI=1S/C21H19BrN2O7/c22-14-7-5-13(6-8-14)19(26)17-18(15-3-1-2-4-16(15)24(29)30)23(21(28)20(17)27)9-11-31-12-10-25/h1-8,18,25-26H,9-12H2/b19-17+. The molecule has 2 N–H and O–H groups in total. The fraction of sp³-hybridized carbons (Fsp3) is 0.238. The van der Waals surface area contributed by atoms with Crippen molar-refractivity contribution in [2.24, 2.45) is 0 Å². The van der Waals surface area contributed by atoms with Crippen LogP contribution in [0, 0.1) is 10.1 Å². The minimum Gasteiger partial charge on any atom is -0.507 e. The van der Waals surface area contributed by atoms with Crippen molar-refractivity contribution in [1.29, 1.82) is 0 Å². The number of likely N-dealkylation sites (tertiary alicyclic amines) is 1. The van der Waals surface area contributed by atoms with E-state index in [-0.39, 0.29) is 43.2 Å². The van der Waals surface area contributed by atoms with Gasteiger partial charge in [0.1, 0.15) is 5.76 Å². The van der Waals surface area contributed by atoms with Crippen LogP contribution in [-0.4, -0.2) is 58.1 Å². The summed E-state index contributed by atoms with van der Waals surface area (Å²) in [7, 11) is 0. The highest BCUT2D eigenvalue weighted by atomic mass is 79.9. The highest BCUT2D eigenvalue weighted by Crippen LogP contribution is 2.42. The van der Waals surface area contributed by atoms with Crippen LogP contribution in [0.5, 0.6) is 0 Å². The van der Waals surface area contributed by atoms with Crippen molar-refractivity contribution >= 4 is 39.1 Å². The quantitative estimate of drug-likeness (QED) is 0.145. The molecule has 9 nitrogen and oxygen atoms in total. The molecule has 0 radical (unpaired) electrons. The summed E-state index contributed by atoms with van der Waals surface area (Å²) in [5.74, 6) is -2.26. The van der Waals surface area contributed by atoms with E-state index in [4.69, 9.17) is 9.84 Å². The van der Waals surface area contributed by atoms with E-state index in [1.54, 1.807) is 30.3 Å². The summed E-state index contributed by atoms with van der Waals surface area (Å²) in [6.07, 6.45) is 0. The van der Waals surface area contributed by atoms with E-state index in [9.17, 15) is 24.8 Å². The van der Waals surface area contributed by atoms with Crippen LogP contribution in [0.1, 0.15) is 17.2 Å². The largest absolute Gasteiger partial charge is 0.507 e. The number of amides is 1. The van der Waals surface area contributed by atoms with Crippen molar-refractivity contribution in [3.8, 4) is 0 Å². The number of halogens is 1. The number of Topliss-reactive ketones (excluding diaryl/α,β-unsaturated/α-hetero) is 1. The maximum Gasteiger partial charge on any atom is 0.295 e. The highest BCUT2D eigenvalue weighted by molar-refractivity contribution is 9.10. The molecule has 0 aromatic heterocycles. The van der Waals surface area contributed by atoms with Crippen molar-refractivity contribution in [3.05, 3.63) is 79.8 Å². The van der Waals surface area contributed by atoms with Crippen LogP contribution in [0.4, 0.5) is 5.69 Å². The van der Waals surface area contributed by atoms with Gasteiger partial charge in [-0.05, 0) is 18.2 Å². The summed E-state index contributed by atoms with van der Waals surface area (Å²) in [6, 6.07) is 11.0. The van der Waals surface area contributed by atoms with Gasteiger partial charge < -0.3 is 19.8 Å². The molecule has 1 unspecified atom stereocenters. The summed E-state index contributed by atoms with van der Waals surface area (Å²) in [4.78, 5) is 37.8. The highest BCUT2D eigenvalue weighted by Gasteiger charge is 2.47. The SMILES string of the molecule is O=C1C(=O)N(CCOCCO)C(c2ccccc2[N+](=O)[O-])/C1=C(\O)c1ccc(Br)cc1. The van der Waals surface area contributed by atoms with E-state index in [0.29, 0.717) is 5.56 Å². The third-order valence-corrected chi connectivity index (χ3v) is 5.33.